The second kappa shape index (κ2) is 9.58. The van der Waals surface area contributed by atoms with Crippen LogP contribution in [0.2, 0.25) is 0 Å². The number of benzene rings is 3. The minimum atomic E-state index is -1.24. The summed E-state index contributed by atoms with van der Waals surface area (Å²) in [4.78, 5) is 29.6. The Morgan fingerprint density at radius 1 is 0.829 bits per heavy atom. The van der Waals surface area contributed by atoms with Gasteiger partial charge in [-0.25, -0.2) is 0 Å². The molecule has 1 aliphatic carbocycles. The second-order valence-electron chi connectivity index (χ2n) is 8.59. The molecule has 0 radical (unpaired) electrons. The Hall–Kier alpha value is -4.20. The van der Waals surface area contributed by atoms with E-state index >= 15 is 0 Å². The zero-order valence-corrected chi connectivity index (χ0v) is 20.3. The monoisotopic (exact) mass is 475 g/mol. The minimum Gasteiger partial charge on any atom is -0.493 e. The predicted molar refractivity (Wildman–Crippen MR) is 135 cm³/mol. The minimum absolute atomic E-state index is 0.402. The Morgan fingerprint density at radius 3 is 2.17 bits per heavy atom. The first-order chi connectivity index (χ1) is 16.8. The van der Waals surface area contributed by atoms with Crippen LogP contribution >= 0.6 is 0 Å². The van der Waals surface area contributed by atoms with Gasteiger partial charge in [0, 0.05) is 31.9 Å². The Bertz CT molecular complexity index is 1250. The van der Waals surface area contributed by atoms with E-state index in [0.717, 1.165) is 5.69 Å². The summed E-state index contributed by atoms with van der Waals surface area (Å²) in [5.41, 5.74) is 6.37. The first-order valence-electron chi connectivity index (χ1n) is 11.2. The highest BCUT2D eigenvalue weighted by atomic mass is 16.5. The molecule has 2 amide bonds. The summed E-state index contributed by atoms with van der Waals surface area (Å²) in [5, 5.41) is 0. The van der Waals surface area contributed by atoms with Crippen LogP contribution in [0.25, 0.3) is 0 Å². The van der Waals surface area contributed by atoms with Gasteiger partial charge in [0.05, 0.1) is 25.6 Å². The number of amides is 2. The van der Waals surface area contributed by atoms with Crippen molar-refractivity contribution in [3.8, 4) is 23.0 Å². The summed E-state index contributed by atoms with van der Waals surface area (Å²) in [6.07, 6.45) is 0.803. The van der Waals surface area contributed by atoms with Gasteiger partial charge in [-0.2, -0.15) is 0 Å². The van der Waals surface area contributed by atoms with Gasteiger partial charge in [-0.15, -0.1) is 0 Å². The lowest BCUT2D eigenvalue weighted by atomic mass is 10.0. The van der Waals surface area contributed by atoms with E-state index in [0.29, 0.717) is 47.2 Å². The molecule has 0 unspecified atom stereocenters. The lowest BCUT2D eigenvalue weighted by Crippen LogP contribution is -2.41. The lowest BCUT2D eigenvalue weighted by Gasteiger charge is -2.28. The Kier molecular flexibility index (Phi) is 6.55. The fourth-order valence-corrected chi connectivity index (χ4v) is 3.91. The molecule has 0 aliphatic heterocycles. The number of carbonyl (C=O) groups excluding carboxylic acids is 2. The van der Waals surface area contributed by atoms with Crippen LogP contribution < -0.4 is 29.7 Å². The molecule has 0 atom stereocenters. The quantitative estimate of drug-likeness (QED) is 0.458. The number of primary amides is 1. The maximum Gasteiger partial charge on any atom is 0.247 e. The highest BCUT2D eigenvalue weighted by molar-refractivity contribution is 6.17. The molecule has 1 aliphatic rings. The average molecular weight is 476 g/mol. The van der Waals surface area contributed by atoms with Crippen LogP contribution in [0.5, 0.6) is 23.0 Å². The molecule has 0 heterocycles. The summed E-state index contributed by atoms with van der Waals surface area (Å²) in [7, 11) is 6.96. The van der Waals surface area contributed by atoms with E-state index in [1.54, 1.807) is 30.3 Å². The van der Waals surface area contributed by atoms with E-state index in [-0.39, 0.29) is 0 Å². The van der Waals surface area contributed by atoms with Gasteiger partial charge in [-0.1, -0.05) is 18.2 Å². The van der Waals surface area contributed by atoms with Crippen molar-refractivity contribution in [2.75, 3.05) is 38.1 Å². The first kappa shape index (κ1) is 23.9. The molecule has 1 saturated carbocycles. The third-order valence-electron chi connectivity index (χ3n) is 6.13. The molecular weight excluding hydrogens is 446 g/mol. The third-order valence-corrected chi connectivity index (χ3v) is 6.13. The molecule has 4 rings (SSSR count). The summed E-state index contributed by atoms with van der Waals surface area (Å²) in [6, 6.07) is 20.0. The molecule has 3 aromatic carbocycles. The van der Waals surface area contributed by atoms with Crippen molar-refractivity contribution >= 4 is 28.9 Å². The molecule has 182 valence electrons. The number of rotatable bonds is 9. The number of ether oxygens (including phenoxy) is 3. The normalized spacial score (nSPS) is 13.5. The molecule has 2 N–H and O–H groups in total. The van der Waals surface area contributed by atoms with Crippen molar-refractivity contribution in [1.29, 1.82) is 0 Å². The van der Waals surface area contributed by atoms with Crippen molar-refractivity contribution < 1.29 is 23.8 Å². The molecule has 0 bridgehead atoms. The fourth-order valence-electron chi connectivity index (χ4n) is 3.91. The number of methoxy groups -OCH3 is 2. The van der Waals surface area contributed by atoms with E-state index in [1.807, 2.05) is 55.4 Å². The standard InChI is InChI=1S/C27H29N3O5/c1-29(2)18-8-7-9-20(16-18)35-22-11-6-5-10-21(22)30(26(32)27(14-15-27)25(28)31)19-12-13-23(33-3)24(17-19)34-4/h5-13,16-17H,14-15H2,1-4H3,(H2,28,31). The maximum atomic E-state index is 13.9. The summed E-state index contributed by atoms with van der Waals surface area (Å²) in [5.74, 6) is 0.986. The van der Waals surface area contributed by atoms with E-state index < -0.39 is 17.2 Å². The number of nitrogens with zero attached hydrogens (tertiary/aromatic N) is 2. The van der Waals surface area contributed by atoms with E-state index in [4.69, 9.17) is 19.9 Å². The topological polar surface area (TPSA) is 94.3 Å². The van der Waals surface area contributed by atoms with Crippen LogP contribution in [0.1, 0.15) is 12.8 Å². The predicted octanol–water partition coefficient (Wildman–Crippen LogP) is 4.49. The van der Waals surface area contributed by atoms with E-state index in [9.17, 15) is 9.59 Å². The largest absolute Gasteiger partial charge is 0.493 e. The highest BCUT2D eigenvalue weighted by Crippen LogP contribution is 2.51. The summed E-state index contributed by atoms with van der Waals surface area (Å²) < 4.78 is 17.1. The summed E-state index contributed by atoms with van der Waals surface area (Å²) in [6.45, 7) is 0. The number of anilines is 3. The molecule has 8 nitrogen and oxygen atoms in total. The van der Waals surface area contributed by atoms with Gasteiger partial charge in [-0.3, -0.25) is 14.5 Å². The van der Waals surface area contributed by atoms with Crippen LogP contribution in [0, 0.1) is 5.41 Å². The fraction of sp³-hybridized carbons (Fsp3) is 0.259. The van der Waals surface area contributed by atoms with Gasteiger partial charge in [0.25, 0.3) is 0 Å². The highest BCUT2D eigenvalue weighted by Gasteiger charge is 2.57. The van der Waals surface area contributed by atoms with Gasteiger partial charge < -0.3 is 24.8 Å². The average Bonchev–Trinajstić information content (AvgIpc) is 3.67. The van der Waals surface area contributed by atoms with Crippen molar-refractivity contribution in [2.24, 2.45) is 11.1 Å². The number of nitrogens with two attached hydrogens (primary N) is 1. The van der Waals surface area contributed by atoms with Gasteiger partial charge >= 0.3 is 0 Å². The zero-order chi connectivity index (χ0) is 25.2. The molecular formula is C27H29N3O5. The van der Waals surface area contributed by atoms with E-state index in [2.05, 4.69) is 0 Å². The van der Waals surface area contributed by atoms with Crippen LogP contribution in [0.15, 0.2) is 66.7 Å². The second-order valence-corrected chi connectivity index (χ2v) is 8.59. The zero-order valence-electron chi connectivity index (χ0n) is 20.3. The maximum absolute atomic E-state index is 13.9. The van der Waals surface area contributed by atoms with Crippen LogP contribution in [-0.4, -0.2) is 40.1 Å². The molecule has 0 spiro atoms. The van der Waals surface area contributed by atoms with Crippen LogP contribution in [0.4, 0.5) is 17.1 Å². The third kappa shape index (κ3) is 4.59. The number of hydrogen-bond donors (Lipinski definition) is 1. The van der Waals surface area contributed by atoms with Gasteiger partial charge in [0.1, 0.15) is 11.2 Å². The SMILES string of the molecule is COc1ccc(N(C(=O)C2(C(N)=O)CC2)c2ccccc2Oc2cccc(N(C)C)c2)cc1OC. The molecule has 35 heavy (non-hydrogen) atoms. The lowest BCUT2D eigenvalue weighted by molar-refractivity contribution is -0.133. The van der Waals surface area contributed by atoms with Crippen LogP contribution in [0.3, 0.4) is 0 Å². The van der Waals surface area contributed by atoms with Crippen LogP contribution in [-0.2, 0) is 9.59 Å². The van der Waals surface area contributed by atoms with Crippen molar-refractivity contribution in [2.45, 2.75) is 12.8 Å². The molecule has 0 saturated heterocycles. The number of carbonyl (C=O) groups is 2. The smallest absolute Gasteiger partial charge is 0.247 e. The molecule has 3 aromatic rings. The molecule has 0 aromatic heterocycles. The summed E-state index contributed by atoms with van der Waals surface area (Å²) >= 11 is 0. The number of para-hydroxylation sites is 2. The number of hydrogen-bond acceptors (Lipinski definition) is 6. The Balaban J connectivity index is 1.83. The molecule has 1 fully saturated rings. The van der Waals surface area contributed by atoms with Crippen molar-refractivity contribution in [3.05, 3.63) is 66.7 Å². The Labute approximate surface area is 204 Å². The van der Waals surface area contributed by atoms with Gasteiger partial charge in [0.2, 0.25) is 11.8 Å². The first-order valence-corrected chi connectivity index (χ1v) is 11.2. The van der Waals surface area contributed by atoms with E-state index in [1.165, 1.54) is 19.1 Å². The van der Waals surface area contributed by atoms with Gasteiger partial charge in [-0.05, 0) is 49.2 Å². The van der Waals surface area contributed by atoms with Gasteiger partial charge in [0.15, 0.2) is 17.2 Å². The van der Waals surface area contributed by atoms with Crippen molar-refractivity contribution in [1.82, 2.24) is 0 Å². The molecule has 8 heteroatoms. The van der Waals surface area contributed by atoms with Crippen molar-refractivity contribution in [3.63, 3.8) is 0 Å². The Morgan fingerprint density at radius 2 is 1.54 bits per heavy atom.